The molecule has 2 aliphatic heterocycles. The van der Waals surface area contributed by atoms with Crippen molar-refractivity contribution in [2.24, 2.45) is 0 Å². The van der Waals surface area contributed by atoms with Gasteiger partial charge < -0.3 is 31.4 Å². The minimum absolute atomic E-state index is 0. The van der Waals surface area contributed by atoms with Crippen molar-refractivity contribution in [3.63, 3.8) is 0 Å². The molecule has 100 valence electrons. The van der Waals surface area contributed by atoms with Crippen LogP contribution in [0.1, 0.15) is 18.4 Å². The number of halogens is 1. The van der Waals surface area contributed by atoms with Crippen molar-refractivity contribution in [1.82, 2.24) is 4.90 Å². The molecule has 3 rings (SSSR count). The van der Waals surface area contributed by atoms with E-state index in [-0.39, 0.29) is 45.8 Å². The standard InChI is InChI=1S/C14H18NO2.BrH.Mg/c1-2-4-13(5-3-1)12-15-8-6-14(7-9-15)16-10-11-17-14;;/h2-5H,6-12H2;1H;/q-1;;+2/p-1. The van der Waals surface area contributed by atoms with Crippen LogP contribution in [0, 0.1) is 6.07 Å². The topological polar surface area (TPSA) is 21.7 Å². The van der Waals surface area contributed by atoms with Crippen molar-refractivity contribution >= 4 is 23.1 Å². The Hall–Kier alpha value is 0.346. The first-order valence-electron chi connectivity index (χ1n) is 6.32. The summed E-state index contributed by atoms with van der Waals surface area (Å²) in [7, 11) is 0. The van der Waals surface area contributed by atoms with Crippen LogP contribution in [0.25, 0.3) is 0 Å². The van der Waals surface area contributed by atoms with Gasteiger partial charge in [-0.25, -0.2) is 0 Å². The average molecular weight is 337 g/mol. The van der Waals surface area contributed by atoms with Gasteiger partial charge in [-0.1, -0.05) is 0 Å². The van der Waals surface area contributed by atoms with Gasteiger partial charge in [0.2, 0.25) is 0 Å². The first kappa shape index (κ1) is 17.4. The Morgan fingerprint density at radius 3 is 2.26 bits per heavy atom. The smallest absolute Gasteiger partial charge is 1.00 e. The van der Waals surface area contributed by atoms with Gasteiger partial charge in [-0.2, -0.15) is 30.3 Å². The van der Waals surface area contributed by atoms with Crippen LogP contribution in [0.4, 0.5) is 0 Å². The predicted molar refractivity (Wildman–Crippen MR) is 70.2 cm³/mol. The Morgan fingerprint density at radius 2 is 1.68 bits per heavy atom. The van der Waals surface area contributed by atoms with E-state index in [1.165, 1.54) is 5.56 Å². The summed E-state index contributed by atoms with van der Waals surface area (Å²) in [4.78, 5) is 2.46. The third kappa shape index (κ3) is 4.41. The second-order valence-electron chi connectivity index (χ2n) is 4.79. The minimum atomic E-state index is -0.249. The SMILES string of the molecule is [Br-].[Mg+2].[c-]1ccc(CN2CCC3(CC2)OCCO3)cc1. The van der Waals surface area contributed by atoms with E-state index in [2.05, 4.69) is 23.1 Å². The first-order valence-corrected chi connectivity index (χ1v) is 6.32. The number of likely N-dealkylation sites (tertiary alicyclic amines) is 1. The number of ether oxygens (including phenoxy) is 2. The van der Waals surface area contributed by atoms with Gasteiger partial charge in [0.05, 0.1) is 13.2 Å². The van der Waals surface area contributed by atoms with Crippen molar-refractivity contribution < 1.29 is 26.5 Å². The van der Waals surface area contributed by atoms with E-state index in [0.29, 0.717) is 0 Å². The average Bonchev–Trinajstić information content (AvgIpc) is 2.83. The molecule has 0 aromatic heterocycles. The molecule has 0 saturated carbocycles. The third-order valence-electron chi connectivity index (χ3n) is 3.62. The summed E-state index contributed by atoms with van der Waals surface area (Å²) in [6.45, 7) is 4.64. The van der Waals surface area contributed by atoms with E-state index < -0.39 is 0 Å². The number of benzene rings is 1. The fourth-order valence-electron chi connectivity index (χ4n) is 2.62. The molecule has 1 aromatic carbocycles. The van der Waals surface area contributed by atoms with Gasteiger partial charge in [0.25, 0.3) is 0 Å². The summed E-state index contributed by atoms with van der Waals surface area (Å²) >= 11 is 0. The molecule has 0 N–H and O–H groups in total. The van der Waals surface area contributed by atoms with Gasteiger partial charge in [-0.05, 0) is 0 Å². The molecule has 1 aromatic rings. The van der Waals surface area contributed by atoms with E-state index in [4.69, 9.17) is 9.47 Å². The Morgan fingerprint density at radius 1 is 1.11 bits per heavy atom. The second-order valence-corrected chi connectivity index (χ2v) is 4.79. The Labute approximate surface area is 141 Å². The first-order chi connectivity index (χ1) is 8.36. The van der Waals surface area contributed by atoms with E-state index in [1.807, 2.05) is 12.1 Å². The molecule has 19 heavy (non-hydrogen) atoms. The molecule has 0 amide bonds. The summed E-state index contributed by atoms with van der Waals surface area (Å²) in [5.41, 5.74) is 1.35. The van der Waals surface area contributed by atoms with Crippen LogP contribution >= 0.6 is 0 Å². The maximum Gasteiger partial charge on any atom is 2.00 e. The van der Waals surface area contributed by atoms with Crippen molar-refractivity contribution in [2.75, 3.05) is 26.3 Å². The summed E-state index contributed by atoms with van der Waals surface area (Å²) in [5, 5.41) is 0. The van der Waals surface area contributed by atoms with Crippen LogP contribution in [-0.4, -0.2) is 60.0 Å². The molecule has 2 aliphatic rings. The Bertz CT molecular complexity index is 361. The molecule has 0 aliphatic carbocycles. The van der Waals surface area contributed by atoms with Crippen molar-refractivity contribution in [3.8, 4) is 0 Å². The minimum Gasteiger partial charge on any atom is -1.00 e. The number of rotatable bonds is 2. The fraction of sp³-hybridized carbons (Fsp3) is 0.571. The number of nitrogens with zero attached hydrogens (tertiary/aromatic N) is 1. The zero-order valence-electron chi connectivity index (χ0n) is 11.1. The molecular formula is C14H18BrMgNO2. The largest absolute Gasteiger partial charge is 2.00 e. The normalized spacial score (nSPS) is 21.7. The van der Waals surface area contributed by atoms with Crippen LogP contribution in [0.15, 0.2) is 24.3 Å². The zero-order chi connectivity index (χ0) is 11.6. The predicted octanol–water partition coefficient (Wildman–Crippen LogP) is -1.55. The van der Waals surface area contributed by atoms with Gasteiger partial charge in [-0.3, -0.25) is 0 Å². The van der Waals surface area contributed by atoms with Crippen LogP contribution in [0.3, 0.4) is 0 Å². The molecule has 1 spiro atoms. The van der Waals surface area contributed by atoms with Gasteiger partial charge in [0.1, 0.15) is 0 Å². The number of hydrogen-bond acceptors (Lipinski definition) is 3. The maximum absolute atomic E-state index is 5.73. The molecule has 0 radical (unpaired) electrons. The van der Waals surface area contributed by atoms with Gasteiger partial charge in [0.15, 0.2) is 5.79 Å². The van der Waals surface area contributed by atoms with E-state index in [9.17, 15) is 0 Å². The third-order valence-corrected chi connectivity index (χ3v) is 3.62. The number of hydrogen-bond donors (Lipinski definition) is 0. The maximum atomic E-state index is 5.73. The summed E-state index contributed by atoms with van der Waals surface area (Å²) < 4.78 is 11.5. The fourth-order valence-corrected chi connectivity index (χ4v) is 2.62. The summed E-state index contributed by atoms with van der Waals surface area (Å²) in [6.07, 6.45) is 1.98. The summed E-state index contributed by atoms with van der Waals surface area (Å²) in [6, 6.07) is 11.3. The van der Waals surface area contributed by atoms with Crippen molar-refractivity contribution in [1.29, 1.82) is 0 Å². The van der Waals surface area contributed by atoms with Crippen LogP contribution in [-0.2, 0) is 16.0 Å². The molecular weight excluding hydrogens is 318 g/mol. The van der Waals surface area contributed by atoms with E-state index in [0.717, 1.165) is 45.7 Å². The van der Waals surface area contributed by atoms with Crippen LogP contribution in [0.2, 0.25) is 0 Å². The molecule has 2 heterocycles. The molecule has 5 heteroatoms. The molecule has 0 bridgehead atoms. The molecule has 0 unspecified atom stereocenters. The Kier molecular flexibility index (Phi) is 7.28. The quantitative estimate of drug-likeness (QED) is 0.482. The zero-order valence-corrected chi connectivity index (χ0v) is 14.1. The van der Waals surface area contributed by atoms with Crippen molar-refractivity contribution in [2.45, 2.75) is 25.2 Å². The second kappa shape index (κ2) is 7.95. The number of piperidine rings is 1. The van der Waals surface area contributed by atoms with Gasteiger partial charge in [0, 0.05) is 32.5 Å². The molecule has 2 saturated heterocycles. The van der Waals surface area contributed by atoms with Crippen molar-refractivity contribution in [3.05, 3.63) is 35.9 Å². The Balaban J connectivity index is 0.000000902. The molecule has 0 atom stereocenters. The van der Waals surface area contributed by atoms with Crippen LogP contribution in [0.5, 0.6) is 0 Å². The van der Waals surface area contributed by atoms with E-state index in [1.54, 1.807) is 0 Å². The molecule has 3 nitrogen and oxygen atoms in total. The van der Waals surface area contributed by atoms with E-state index >= 15 is 0 Å². The summed E-state index contributed by atoms with van der Waals surface area (Å²) in [5.74, 6) is -0.249. The van der Waals surface area contributed by atoms with Crippen LogP contribution < -0.4 is 17.0 Å². The molecule has 2 fully saturated rings. The monoisotopic (exact) mass is 335 g/mol. The van der Waals surface area contributed by atoms with Gasteiger partial charge >= 0.3 is 23.1 Å². The van der Waals surface area contributed by atoms with Gasteiger partial charge in [-0.15, -0.1) is 5.56 Å².